The first kappa shape index (κ1) is 9.93. The molecule has 0 aliphatic heterocycles. The third kappa shape index (κ3) is 1.92. The lowest BCUT2D eigenvalue weighted by molar-refractivity contribution is 0.0697. The maximum Gasteiger partial charge on any atom is 0.335 e. The quantitative estimate of drug-likeness (QED) is 0.838. The Hall–Kier alpha value is -1.61. The van der Waals surface area contributed by atoms with Crippen LogP contribution in [0, 0.1) is 6.92 Å². The molecule has 0 radical (unpaired) electrons. The Morgan fingerprint density at radius 1 is 1.33 bits per heavy atom. The minimum Gasteiger partial charge on any atom is -0.478 e. The number of benzene rings is 1. The van der Waals surface area contributed by atoms with Gasteiger partial charge in [0.05, 0.1) is 5.56 Å². The standard InChI is InChI=1S/C12H10O2S/c1-8-4-5-9(12(13)14)7-10(8)11-3-2-6-15-11/h2-7H,1H3,(H,13,14). The first-order valence-electron chi connectivity index (χ1n) is 4.56. The molecule has 1 aromatic heterocycles. The Balaban J connectivity index is 2.55. The molecular formula is C12H10O2S. The third-order valence-corrected chi connectivity index (χ3v) is 3.17. The van der Waals surface area contributed by atoms with Gasteiger partial charge in [-0.05, 0) is 41.6 Å². The predicted molar refractivity (Wildman–Crippen MR) is 61.5 cm³/mol. The zero-order valence-corrected chi connectivity index (χ0v) is 9.04. The number of thiophene rings is 1. The van der Waals surface area contributed by atoms with Gasteiger partial charge in [-0.25, -0.2) is 4.79 Å². The van der Waals surface area contributed by atoms with E-state index >= 15 is 0 Å². The Morgan fingerprint density at radius 2 is 2.13 bits per heavy atom. The second kappa shape index (κ2) is 3.87. The molecule has 0 bridgehead atoms. The summed E-state index contributed by atoms with van der Waals surface area (Å²) in [5.41, 5.74) is 2.44. The number of carbonyl (C=O) groups is 1. The van der Waals surface area contributed by atoms with E-state index in [2.05, 4.69) is 0 Å². The van der Waals surface area contributed by atoms with Gasteiger partial charge >= 0.3 is 5.97 Å². The van der Waals surface area contributed by atoms with E-state index in [0.29, 0.717) is 5.56 Å². The highest BCUT2D eigenvalue weighted by Crippen LogP contribution is 2.28. The van der Waals surface area contributed by atoms with Gasteiger partial charge in [0.2, 0.25) is 0 Å². The van der Waals surface area contributed by atoms with Crippen molar-refractivity contribution in [3.63, 3.8) is 0 Å². The lowest BCUT2D eigenvalue weighted by atomic mass is 10.0. The lowest BCUT2D eigenvalue weighted by Gasteiger charge is -2.04. The molecule has 3 heteroatoms. The van der Waals surface area contributed by atoms with Crippen LogP contribution in [0.15, 0.2) is 35.7 Å². The average molecular weight is 218 g/mol. The summed E-state index contributed by atoms with van der Waals surface area (Å²) in [7, 11) is 0. The van der Waals surface area contributed by atoms with Crippen molar-refractivity contribution < 1.29 is 9.90 Å². The van der Waals surface area contributed by atoms with Crippen LogP contribution < -0.4 is 0 Å². The summed E-state index contributed by atoms with van der Waals surface area (Å²) in [5, 5.41) is 10.9. The number of carboxylic acids is 1. The molecule has 0 unspecified atom stereocenters. The van der Waals surface area contributed by atoms with Gasteiger partial charge in [-0.2, -0.15) is 0 Å². The van der Waals surface area contributed by atoms with Crippen molar-refractivity contribution in [1.82, 2.24) is 0 Å². The average Bonchev–Trinajstić information content (AvgIpc) is 2.71. The minimum atomic E-state index is -0.882. The molecule has 76 valence electrons. The van der Waals surface area contributed by atoms with E-state index in [1.807, 2.05) is 30.5 Å². The Bertz CT molecular complexity index is 486. The van der Waals surface area contributed by atoms with Crippen molar-refractivity contribution in [2.24, 2.45) is 0 Å². The monoisotopic (exact) mass is 218 g/mol. The molecule has 1 aromatic carbocycles. The summed E-state index contributed by atoms with van der Waals surface area (Å²) in [4.78, 5) is 11.9. The van der Waals surface area contributed by atoms with E-state index in [9.17, 15) is 4.79 Å². The molecule has 15 heavy (non-hydrogen) atoms. The van der Waals surface area contributed by atoms with Gasteiger partial charge in [-0.3, -0.25) is 0 Å². The maximum absolute atomic E-state index is 10.8. The van der Waals surface area contributed by atoms with Crippen LogP contribution in [0.25, 0.3) is 10.4 Å². The molecule has 1 heterocycles. The lowest BCUT2D eigenvalue weighted by Crippen LogP contribution is -1.96. The topological polar surface area (TPSA) is 37.3 Å². The van der Waals surface area contributed by atoms with Crippen LogP contribution in [-0.4, -0.2) is 11.1 Å². The van der Waals surface area contributed by atoms with Gasteiger partial charge in [0.15, 0.2) is 0 Å². The maximum atomic E-state index is 10.8. The van der Waals surface area contributed by atoms with Crippen molar-refractivity contribution in [3.8, 4) is 10.4 Å². The molecule has 2 aromatic rings. The summed E-state index contributed by atoms with van der Waals surface area (Å²) >= 11 is 1.62. The van der Waals surface area contributed by atoms with Gasteiger partial charge in [-0.1, -0.05) is 12.1 Å². The number of aryl methyl sites for hydroxylation is 1. The van der Waals surface area contributed by atoms with E-state index in [4.69, 9.17) is 5.11 Å². The molecule has 2 nitrogen and oxygen atoms in total. The van der Waals surface area contributed by atoms with Gasteiger partial charge in [0.1, 0.15) is 0 Å². The fraction of sp³-hybridized carbons (Fsp3) is 0.0833. The van der Waals surface area contributed by atoms with E-state index in [1.165, 1.54) is 0 Å². The normalized spacial score (nSPS) is 10.2. The molecular weight excluding hydrogens is 208 g/mol. The Labute approximate surface area is 91.8 Å². The van der Waals surface area contributed by atoms with Crippen molar-refractivity contribution in [1.29, 1.82) is 0 Å². The van der Waals surface area contributed by atoms with E-state index < -0.39 is 5.97 Å². The SMILES string of the molecule is Cc1ccc(C(=O)O)cc1-c1cccs1. The number of rotatable bonds is 2. The molecule has 0 amide bonds. The summed E-state index contributed by atoms with van der Waals surface area (Å²) < 4.78 is 0. The van der Waals surface area contributed by atoms with Crippen LogP contribution in [0.4, 0.5) is 0 Å². The first-order chi connectivity index (χ1) is 7.18. The Morgan fingerprint density at radius 3 is 2.73 bits per heavy atom. The van der Waals surface area contributed by atoms with Gasteiger partial charge in [-0.15, -0.1) is 11.3 Å². The molecule has 0 fully saturated rings. The highest BCUT2D eigenvalue weighted by Gasteiger charge is 2.08. The minimum absolute atomic E-state index is 0.337. The van der Waals surface area contributed by atoms with Gasteiger partial charge < -0.3 is 5.11 Å². The highest BCUT2D eigenvalue weighted by atomic mass is 32.1. The van der Waals surface area contributed by atoms with Gasteiger partial charge in [0.25, 0.3) is 0 Å². The van der Waals surface area contributed by atoms with Crippen LogP contribution in [0.1, 0.15) is 15.9 Å². The van der Waals surface area contributed by atoms with Crippen molar-refractivity contribution >= 4 is 17.3 Å². The largest absolute Gasteiger partial charge is 0.478 e. The zero-order valence-electron chi connectivity index (χ0n) is 8.23. The number of hydrogen-bond donors (Lipinski definition) is 1. The fourth-order valence-corrected chi connectivity index (χ4v) is 2.26. The smallest absolute Gasteiger partial charge is 0.335 e. The Kier molecular flexibility index (Phi) is 2.56. The number of carboxylic acid groups (broad SMARTS) is 1. The summed E-state index contributed by atoms with van der Waals surface area (Å²) in [6.45, 7) is 1.99. The fourth-order valence-electron chi connectivity index (χ4n) is 1.45. The third-order valence-electron chi connectivity index (χ3n) is 2.27. The van der Waals surface area contributed by atoms with Crippen LogP contribution in [0.2, 0.25) is 0 Å². The van der Waals surface area contributed by atoms with E-state index in [0.717, 1.165) is 16.0 Å². The van der Waals surface area contributed by atoms with Crippen molar-refractivity contribution in [2.75, 3.05) is 0 Å². The van der Waals surface area contributed by atoms with E-state index in [1.54, 1.807) is 23.5 Å². The predicted octanol–water partition coefficient (Wildman–Crippen LogP) is 3.42. The van der Waals surface area contributed by atoms with Crippen LogP contribution >= 0.6 is 11.3 Å². The molecule has 0 saturated carbocycles. The number of hydrogen-bond acceptors (Lipinski definition) is 2. The molecule has 1 N–H and O–H groups in total. The van der Waals surface area contributed by atoms with Crippen LogP contribution in [0.3, 0.4) is 0 Å². The van der Waals surface area contributed by atoms with Gasteiger partial charge in [0, 0.05) is 4.88 Å². The molecule has 0 aliphatic rings. The zero-order chi connectivity index (χ0) is 10.8. The summed E-state index contributed by atoms with van der Waals surface area (Å²) in [6.07, 6.45) is 0. The molecule has 0 atom stereocenters. The van der Waals surface area contributed by atoms with Crippen LogP contribution in [-0.2, 0) is 0 Å². The highest BCUT2D eigenvalue weighted by molar-refractivity contribution is 7.13. The van der Waals surface area contributed by atoms with E-state index in [-0.39, 0.29) is 0 Å². The molecule has 2 rings (SSSR count). The molecule has 0 saturated heterocycles. The molecule has 0 spiro atoms. The second-order valence-corrected chi connectivity index (χ2v) is 4.26. The summed E-state index contributed by atoms with van der Waals surface area (Å²) in [6, 6.07) is 9.17. The van der Waals surface area contributed by atoms with Crippen LogP contribution in [0.5, 0.6) is 0 Å². The van der Waals surface area contributed by atoms with Crippen molar-refractivity contribution in [3.05, 3.63) is 46.8 Å². The number of aromatic carboxylic acids is 1. The summed E-state index contributed by atoms with van der Waals surface area (Å²) in [5.74, 6) is -0.882. The first-order valence-corrected chi connectivity index (χ1v) is 5.44. The second-order valence-electron chi connectivity index (χ2n) is 3.31. The molecule has 0 aliphatic carbocycles. The van der Waals surface area contributed by atoms with Crippen molar-refractivity contribution in [2.45, 2.75) is 6.92 Å².